The number of hydrogen-bond donors (Lipinski definition) is 1. The summed E-state index contributed by atoms with van der Waals surface area (Å²) < 4.78 is 5.28. The largest absolute Gasteiger partial charge is 0.497 e. The third-order valence-corrected chi connectivity index (χ3v) is 6.59. The normalized spacial score (nSPS) is 24.1. The van der Waals surface area contributed by atoms with Crippen molar-refractivity contribution < 1.29 is 14.6 Å². The Kier molecular flexibility index (Phi) is 4.84. The number of allylic oxidation sites excluding steroid dienone is 1. The molecule has 7 heteroatoms. The molecule has 0 aliphatic carbocycles. The Bertz CT molecular complexity index is 1020. The van der Waals surface area contributed by atoms with Gasteiger partial charge in [-0.25, -0.2) is 0 Å². The highest BCUT2D eigenvalue weighted by Crippen LogP contribution is 2.51. The molecule has 2 aromatic carbocycles. The molecule has 0 unspecified atom stereocenters. The lowest BCUT2D eigenvalue weighted by molar-refractivity contribution is -0.149. The molecule has 1 saturated heterocycles. The Labute approximate surface area is 172 Å². The average molecular weight is 413 g/mol. The topological polar surface area (TPSA) is 73.6 Å². The molecular weight excluding hydrogens is 396 g/mol. The lowest BCUT2D eigenvalue weighted by Crippen LogP contribution is -2.48. The molecule has 28 heavy (non-hydrogen) atoms. The molecule has 0 bridgehead atoms. The van der Waals surface area contributed by atoms with E-state index in [1.165, 1.54) is 16.7 Å². The summed E-state index contributed by atoms with van der Waals surface area (Å²) in [5.74, 6) is 0.348. The highest BCUT2D eigenvalue weighted by molar-refractivity contribution is 8.03. The Morgan fingerprint density at radius 1 is 1.32 bits per heavy atom. The fourth-order valence-corrected chi connectivity index (χ4v) is 5.18. The van der Waals surface area contributed by atoms with E-state index >= 15 is 0 Å². The lowest BCUT2D eigenvalue weighted by Gasteiger charge is -2.38. The van der Waals surface area contributed by atoms with Crippen molar-refractivity contribution in [1.29, 1.82) is 5.26 Å². The lowest BCUT2D eigenvalue weighted by atomic mass is 9.85. The van der Waals surface area contributed by atoms with Crippen LogP contribution in [0.2, 0.25) is 5.02 Å². The number of hydrogen-bond acceptors (Lipinski definition) is 5. The average Bonchev–Trinajstić information content (AvgIpc) is 3.07. The van der Waals surface area contributed by atoms with Gasteiger partial charge in [-0.3, -0.25) is 9.69 Å². The highest BCUT2D eigenvalue weighted by Gasteiger charge is 2.51. The first kappa shape index (κ1) is 18.9. The van der Waals surface area contributed by atoms with Gasteiger partial charge < -0.3 is 9.84 Å². The zero-order valence-corrected chi connectivity index (χ0v) is 16.6. The second-order valence-corrected chi connectivity index (χ2v) is 8.11. The molecule has 0 radical (unpaired) electrons. The van der Waals surface area contributed by atoms with Crippen LogP contribution in [0.3, 0.4) is 0 Å². The van der Waals surface area contributed by atoms with E-state index in [-0.39, 0.29) is 24.0 Å². The number of amides is 1. The van der Waals surface area contributed by atoms with E-state index in [1.54, 1.807) is 31.4 Å². The molecule has 1 fully saturated rings. The first-order chi connectivity index (χ1) is 13.5. The molecule has 142 valence electrons. The molecule has 2 atom stereocenters. The molecule has 1 amide bonds. The van der Waals surface area contributed by atoms with Gasteiger partial charge in [0.25, 0.3) is 0 Å². The van der Waals surface area contributed by atoms with E-state index in [4.69, 9.17) is 16.3 Å². The van der Waals surface area contributed by atoms with E-state index in [0.717, 1.165) is 5.56 Å². The second kappa shape index (κ2) is 7.17. The summed E-state index contributed by atoms with van der Waals surface area (Å²) in [6.45, 7) is 0. The quantitative estimate of drug-likeness (QED) is 0.825. The molecule has 2 heterocycles. The molecule has 1 N–H and O–H groups in total. The third-order valence-electron chi connectivity index (χ3n) is 5.11. The maximum absolute atomic E-state index is 13.1. The second-order valence-electron chi connectivity index (χ2n) is 6.71. The van der Waals surface area contributed by atoms with Gasteiger partial charge in [-0.1, -0.05) is 35.9 Å². The minimum Gasteiger partial charge on any atom is -0.497 e. The van der Waals surface area contributed by atoms with E-state index in [9.17, 15) is 15.2 Å². The van der Waals surface area contributed by atoms with Crippen molar-refractivity contribution in [3.63, 3.8) is 0 Å². The molecule has 2 aliphatic rings. The summed E-state index contributed by atoms with van der Waals surface area (Å²) in [6.07, 6.45) is 0.107. The van der Waals surface area contributed by atoms with Gasteiger partial charge in [-0.05, 0) is 29.8 Å². The number of ether oxygens (including phenoxy) is 1. The number of nitrogens with zero attached hydrogens (tertiary/aromatic N) is 2. The Hall–Kier alpha value is -2.46. The Balaban J connectivity index is 1.79. The number of halogens is 1. The van der Waals surface area contributed by atoms with Gasteiger partial charge in [0.05, 0.1) is 29.5 Å². The first-order valence-corrected chi connectivity index (χ1v) is 10.1. The smallest absolute Gasteiger partial charge is 0.231 e. The first-order valence-electron chi connectivity index (χ1n) is 8.70. The zero-order chi connectivity index (χ0) is 19.9. The van der Waals surface area contributed by atoms with Crippen molar-refractivity contribution in [1.82, 2.24) is 4.90 Å². The van der Waals surface area contributed by atoms with Crippen LogP contribution >= 0.6 is 23.4 Å². The van der Waals surface area contributed by atoms with Crippen LogP contribution in [0, 0.1) is 11.3 Å². The van der Waals surface area contributed by atoms with Gasteiger partial charge in [0.15, 0.2) is 5.72 Å². The Morgan fingerprint density at radius 2 is 2.07 bits per heavy atom. The predicted molar refractivity (Wildman–Crippen MR) is 108 cm³/mol. The molecule has 4 rings (SSSR count). The number of carbonyl (C=O) groups excluding carboxylic acids is 1. The monoisotopic (exact) mass is 412 g/mol. The van der Waals surface area contributed by atoms with Crippen molar-refractivity contribution >= 4 is 29.3 Å². The SMILES string of the molecule is COc1cccc([C@H]2CC(=O)N3C(=C2C#N)SC[C@]3(O)c2ccc(Cl)cc2)c1. The van der Waals surface area contributed by atoms with E-state index in [0.29, 0.717) is 26.9 Å². The minimum atomic E-state index is -1.50. The van der Waals surface area contributed by atoms with Crippen molar-refractivity contribution in [2.45, 2.75) is 18.1 Å². The number of aliphatic hydroxyl groups is 1. The number of benzene rings is 2. The molecule has 0 saturated carbocycles. The third kappa shape index (κ3) is 2.96. The van der Waals surface area contributed by atoms with Crippen molar-refractivity contribution in [2.75, 3.05) is 12.9 Å². The van der Waals surface area contributed by atoms with Gasteiger partial charge >= 0.3 is 0 Å². The van der Waals surface area contributed by atoms with Crippen LogP contribution in [0.5, 0.6) is 5.75 Å². The van der Waals surface area contributed by atoms with E-state index < -0.39 is 5.72 Å². The molecule has 0 spiro atoms. The number of carbonyl (C=O) groups is 1. The van der Waals surface area contributed by atoms with Gasteiger partial charge in [0.1, 0.15) is 5.75 Å². The van der Waals surface area contributed by atoms with Crippen LogP contribution in [0.1, 0.15) is 23.5 Å². The van der Waals surface area contributed by atoms with Crippen LogP contribution in [0.25, 0.3) is 0 Å². The van der Waals surface area contributed by atoms with Gasteiger partial charge in [0.2, 0.25) is 5.91 Å². The number of fused-ring (bicyclic) bond motifs is 1. The van der Waals surface area contributed by atoms with Crippen molar-refractivity contribution in [3.8, 4) is 11.8 Å². The Morgan fingerprint density at radius 3 is 2.75 bits per heavy atom. The van der Waals surface area contributed by atoms with Crippen molar-refractivity contribution in [2.24, 2.45) is 0 Å². The number of rotatable bonds is 3. The summed E-state index contributed by atoms with van der Waals surface area (Å²) in [6, 6.07) is 16.4. The number of nitriles is 1. The van der Waals surface area contributed by atoms with Crippen LogP contribution in [0.15, 0.2) is 59.1 Å². The summed E-state index contributed by atoms with van der Waals surface area (Å²) >= 11 is 7.28. The van der Waals surface area contributed by atoms with Crippen LogP contribution < -0.4 is 4.74 Å². The molecule has 2 aliphatic heterocycles. The zero-order valence-electron chi connectivity index (χ0n) is 15.1. The molecule has 2 aromatic rings. The van der Waals surface area contributed by atoms with Crippen molar-refractivity contribution in [3.05, 3.63) is 75.3 Å². The van der Waals surface area contributed by atoms with Crippen LogP contribution in [0.4, 0.5) is 0 Å². The van der Waals surface area contributed by atoms with Crippen LogP contribution in [-0.2, 0) is 10.5 Å². The molecule has 5 nitrogen and oxygen atoms in total. The van der Waals surface area contributed by atoms with Gasteiger partial charge in [-0.2, -0.15) is 5.26 Å². The summed E-state index contributed by atoms with van der Waals surface area (Å²) in [5.41, 5.74) is 0.412. The summed E-state index contributed by atoms with van der Waals surface area (Å²) in [5, 5.41) is 22.3. The molecular formula is C21H17ClN2O3S. The maximum Gasteiger partial charge on any atom is 0.231 e. The molecule has 0 aromatic heterocycles. The standard InChI is InChI=1S/C21H17ClN2O3S/c1-27-16-4-2-3-13(9-16)17-10-19(25)24-20(18(17)11-23)28-12-21(24,26)14-5-7-15(22)8-6-14/h2-9,17,26H,10,12H2,1H3/t17-,21+/m1/s1. The highest BCUT2D eigenvalue weighted by atomic mass is 35.5. The van der Waals surface area contributed by atoms with E-state index in [2.05, 4.69) is 6.07 Å². The van der Waals surface area contributed by atoms with E-state index in [1.807, 2.05) is 24.3 Å². The van der Waals surface area contributed by atoms with Gasteiger partial charge in [-0.15, -0.1) is 11.8 Å². The summed E-state index contributed by atoms with van der Waals surface area (Å²) in [7, 11) is 1.58. The fourth-order valence-electron chi connectivity index (χ4n) is 3.70. The van der Waals surface area contributed by atoms with Crippen LogP contribution in [-0.4, -0.2) is 28.8 Å². The minimum absolute atomic E-state index is 0.107. The number of methoxy groups -OCH3 is 1. The maximum atomic E-state index is 13.1. The van der Waals surface area contributed by atoms with Gasteiger partial charge in [0, 0.05) is 22.9 Å². The summed E-state index contributed by atoms with van der Waals surface area (Å²) in [4.78, 5) is 14.5. The predicted octanol–water partition coefficient (Wildman–Crippen LogP) is 3.99. The fraction of sp³-hybridized carbons (Fsp3) is 0.238. The number of thioether (sulfide) groups is 1.